The quantitative estimate of drug-likeness (QED) is 0.647. The predicted octanol–water partition coefficient (Wildman–Crippen LogP) is 5.36. The second-order valence-electron chi connectivity index (χ2n) is 8.13. The molecule has 0 radical (unpaired) electrons. The first-order chi connectivity index (χ1) is 13.5. The monoisotopic (exact) mass is 389 g/mol. The lowest BCUT2D eigenvalue weighted by molar-refractivity contribution is -0.122. The molecule has 1 heterocycles. The van der Waals surface area contributed by atoms with Gasteiger partial charge < -0.3 is 5.73 Å². The molecule has 2 aromatic rings. The van der Waals surface area contributed by atoms with E-state index in [1.54, 1.807) is 0 Å². The first-order valence-electron chi connectivity index (χ1n) is 9.74. The number of nitrogens with zero attached hydrogens (tertiary/aromatic N) is 2. The second kappa shape index (κ2) is 8.99. The smallest absolute Gasteiger partial charge is 0.147 e. The molecule has 2 rings (SSSR count). The maximum absolute atomic E-state index is 13.0. The van der Waals surface area contributed by atoms with Crippen molar-refractivity contribution in [1.82, 2.24) is 9.97 Å². The molecule has 4 heteroatoms. The molecule has 1 aromatic carbocycles. The Labute approximate surface area is 174 Å². The molecule has 152 valence electrons. The van der Waals surface area contributed by atoms with Crippen LogP contribution in [0.15, 0.2) is 66.2 Å². The zero-order valence-electron chi connectivity index (χ0n) is 18.3. The third-order valence-corrected chi connectivity index (χ3v) is 5.29. The van der Waals surface area contributed by atoms with E-state index in [0.717, 1.165) is 44.9 Å². The van der Waals surface area contributed by atoms with E-state index in [1.165, 1.54) is 0 Å². The first-order valence-corrected chi connectivity index (χ1v) is 9.74. The van der Waals surface area contributed by atoms with Gasteiger partial charge in [-0.15, -0.1) is 0 Å². The van der Waals surface area contributed by atoms with Crippen molar-refractivity contribution < 1.29 is 4.79 Å². The molecule has 0 aliphatic heterocycles. The van der Waals surface area contributed by atoms with Gasteiger partial charge in [-0.25, -0.2) is 9.97 Å². The number of benzene rings is 1. The summed E-state index contributed by atoms with van der Waals surface area (Å²) in [5, 5.41) is 0. The van der Waals surface area contributed by atoms with Crippen molar-refractivity contribution in [2.75, 3.05) is 0 Å². The molecule has 4 nitrogen and oxygen atoms in total. The summed E-state index contributed by atoms with van der Waals surface area (Å²) in [5.74, 6) is 0.878. The number of allylic oxidation sites excluding steroid dienone is 5. The van der Waals surface area contributed by atoms with Crippen LogP contribution in [-0.2, 0) is 10.2 Å². The minimum Gasteiger partial charge on any atom is -0.402 e. The van der Waals surface area contributed by atoms with Crippen molar-refractivity contribution in [2.24, 2.45) is 5.73 Å². The predicted molar refractivity (Wildman–Crippen MR) is 120 cm³/mol. The highest BCUT2D eigenvalue weighted by atomic mass is 16.1. The Morgan fingerprint density at radius 3 is 2.28 bits per heavy atom. The Hall–Kier alpha value is -3.01. The highest BCUT2D eigenvalue weighted by Gasteiger charge is 2.30. The van der Waals surface area contributed by atoms with Crippen molar-refractivity contribution in [1.29, 1.82) is 0 Å². The standard InChI is InChI=1S/C25H31N3O/c1-16(8-9-17(2)19(4)26)12-24(29)25(6,7)23-11-10-21(13-18(23)3)22-14-27-20(5)28-15-22/h8-11,13-15H,1,12,26H2,2-7H3/b9-8-,19-17+. The molecule has 0 aliphatic rings. The van der Waals surface area contributed by atoms with Crippen LogP contribution < -0.4 is 5.73 Å². The van der Waals surface area contributed by atoms with Gasteiger partial charge in [0.25, 0.3) is 0 Å². The maximum Gasteiger partial charge on any atom is 0.147 e. The number of hydrogen-bond donors (Lipinski definition) is 1. The Morgan fingerprint density at radius 1 is 1.10 bits per heavy atom. The van der Waals surface area contributed by atoms with Crippen molar-refractivity contribution >= 4 is 5.78 Å². The van der Waals surface area contributed by atoms with E-state index in [0.29, 0.717) is 6.42 Å². The molecule has 29 heavy (non-hydrogen) atoms. The summed E-state index contributed by atoms with van der Waals surface area (Å²) in [6, 6.07) is 6.15. The average Bonchev–Trinajstić information content (AvgIpc) is 2.66. The molecule has 0 fully saturated rings. The molecule has 0 aliphatic carbocycles. The molecule has 1 aromatic heterocycles. The lowest BCUT2D eigenvalue weighted by atomic mass is 9.76. The summed E-state index contributed by atoms with van der Waals surface area (Å²) in [6.45, 7) is 15.7. The number of carbonyl (C=O) groups is 1. The van der Waals surface area contributed by atoms with Crippen LogP contribution in [0, 0.1) is 13.8 Å². The fourth-order valence-corrected chi connectivity index (χ4v) is 3.10. The lowest BCUT2D eigenvalue weighted by Gasteiger charge is -2.26. The Kier molecular flexibility index (Phi) is 6.91. The van der Waals surface area contributed by atoms with Gasteiger partial charge in [0, 0.05) is 35.5 Å². The second-order valence-corrected chi connectivity index (χ2v) is 8.13. The van der Waals surface area contributed by atoms with E-state index >= 15 is 0 Å². The van der Waals surface area contributed by atoms with Gasteiger partial charge in [0.15, 0.2) is 0 Å². The fraction of sp³-hybridized carbons (Fsp3) is 0.320. The molecule has 2 N–H and O–H groups in total. The van der Waals surface area contributed by atoms with Crippen LogP contribution in [0.5, 0.6) is 0 Å². The van der Waals surface area contributed by atoms with Gasteiger partial charge in [-0.05, 0) is 69.4 Å². The third kappa shape index (κ3) is 5.50. The molecule has 0 amide bonds. The van der Waals surface area contributed by atoms with Gasteiger partial charge in [0.05, 0.1) is 0 Å². The first kappa shape index (κ1) is 22.3. The number of aromatic nitrogens is 2. The molecule has 0 atom stereocenters. The van der Waals surface area contributed by atoms with Gasteiger partial charge in [0.2, 0.25) is 0 Å². The summed E-state index contributed by atoms with van der Waals surface area (Å²) in [5.41, 5.74) is 11.8. The molecular formula is C25H31N3O. The molecule has 0 saturated heterocycles. The average molecular weight is 390 g/mol. The normalized spacial score (nSPS) is 12.8. The zero-order chi connectivity index (χ0) is 21.8. The number of carbonyl (C=O) groups excluding carboxylic acids is 1. The molecular weight excluding hydrogens is 358 g/mol. The van der Waals surface area contributed by atoms with Crippen LogP contribution >= 0.6 is 0 Å². The van der Waals surface area contributed by atoms with Crippen LogP contribution in [0.2, 0.25) is 0 Å². The van der Waals surface area contributed by atoms with Gasteiger partial charge in [0.1, 0.15) is 11.6 Å². The van der Waals surface area contributed by atoms with Crippen LogP contribution in [0.1, 0.15) is 51.1 Å². The van der Waals surface area contributed by atoms with Crippen LogP contribution in [0.25, 0.3) is 11.1 Å². The van der Waals surface area contributed by atoms with Gasteiger partial charge in [-0.2, -0.15) is 0 Å². The molecule has 0 unspecified atom stereocenters. The largest absolute Gasteiger partial charge is 0.402 e. The highest BCUT2D eigenvalue weighted by molar-refractivity contribution is 5.91. The minimum absolute atomic E-state index is 0.132. The topological polar surface area (TPSA) is 68.9 Å². The van der Waals surface area contributed by atoms with Crippen LogP contribution in [0.3, 0.4) is 0 Å². The van der Waals surface area contributed by atoms with E-state index in [1.807, 2.05) is 78.2 Å². The summed E-state index contributed by atoms with van der Waals surface area (Å²) in [4.78, 5) is 21.6. The van der Waals surface area contributed by atoms with E-state index in [9.17, 15) is 4.79 Å². The number of ketones is 1. The third-order valence-electron chi connectivity index (χ3n) is 5.29. The van der Waals surface area contributed by atoms with E-state index < -0.39 is 5.41 Å². The van der Waals surface area contributed by atoms with Crippen LogP contribution in [0.4, 0.5) is 0 Å². The summed E-state index contributed by atoms with van der Waals surface area (Å²) in [7, 11) is 0. The molecule has 0 saturated carbocycles. The fourth-order valence-electron chi connectivity index (χ4n) is 3.10. The van der Waals surface area contributed by atoms with Crippen molar-refractivity contribution in [3.05, 3.63) is 83.1 Å². The number of hydrogen-bond acceptors (Lipinski definition) is 4. The van der Waals surface area contributed by atoms with Gasteiger partial charge in [-0.3, -0.25) is 4.79 Å². The molecule has 0 spiro atoms. The summed E-state index contributed by atoms with van der Waals surface area (Å²) < 4.78 is 0. The Morgan fingerprint density at radius 2 is 1.72 bits per heavy atom. The number of rotatable bonds is 7. The van der Waals surface area contributed by atoms with E-state index in [4.69, 9.17) is 5.73 Å². The Balaban J connectivity index is 2.21. The number of aryl methyl sites for hydroxylation is 2. The van der Waals surface area contributed by atoms with Crippen molar-refractivity contribution in [3.8, 4) is 11.1 Å². The maximum atomic E-state index is 13.0. The summed E-state index contributed by atoms with van der Waals surface area (Å²) >= 11 is 0. The van der Waals surface area contributed by atoms with E-state index in [-0.39, 0.29) is 5.78 Å². The summed E-state index contributed by atoms with van der Waals surface area (Å²) in [6.07, 6.45) is 7.72. The highest BCUT2D eigenvalue weighted by Crippen LogP contribution is 2.32. The lowest BCUT2D eigenvalue weighted by Crippen LogP contribution is -2.30. The number of nitrogens with two attached hydrogens (primary N) is 1. The SMILES string of the molecule is C=C(/C=C\C(C)=C(/C)N)CC(=O)C(C)(C)c1ccc(-c2cnc(C)nc2)cc1C. The van der Waals surface area contributed by atoms with Crippen molar-refractivity contribution in [3.63, 3.8) is 0 Å². The zero-order valence-corrected chi connectivity index (χ0v) is 18.3. The Bertz CT molecular complexity index is 976. The van der Waals surface area contributed by atoms with E-state index in [2.05, 4.69) is 22.6 Å². The number of Topliss-reactive ketones (excluding diaryl/α,β-unsaturated/α-hetero) is 1. The van der Waals surface area contributed by atoms with Crippen molar-refractivity contribution in [2.45, 2.75) is 53.4 Å². The van der Waals surface area contributed by atoms with Gasteiger partial charge >= 0.3 is 0 Å². The van der Waals surface area contributed by atoms with Crippen LogP contribution in [-0.4, -0.2) is 15.8 Å². The minimum atomic E-state index is -0.613. The van der Waals surface area contributed by atoms with Gasteiger partial charge in [-0.1, -0.05) is 36.9 Å². The molecule has 0 bridgehead atoms.